The average Bonchev–Trinajstić information content (AvgIpc) is 3.94. The van der Waals surface area contributed by atoms with Crippen LogP contribution in [0.5, 0.6) is 5.75 Å². The Bertz CT molecular complexity index is 3790. The molecule has 1 N–H and O–H groups in total. The molecule has 0 aliphatic heterocycles. The summed E-state index contributed by atoms with van der Waals surface area (Å²) < 4.78 is 4.51. The number of hydrogen-bond acceptors (Lipinski definition) is 4. The summed E-state index contributed by atoms with van der Waals surface area (Å²) in [7, 11) is 0. The summed E-state index contributed by atoms with van der Waals surface area (Å²) in [5, 5.41) is 12.7. The molecule has 0 amide bonds. The van der Waals surface area contributed by atoms with Crippen LogP contribution in [0.25, 0.3) is 89.7 Å². The second kappa shape index (κ2) is 19.6. The first-order valence-corrected chi connectivity index (χ1v) is 26.5. The Balaban J connectivity index is 0.00000706. The number of para-hydroxylation sites is 1. The number of imidazole rings is 2. The fraction of sp³-hybridized carbons (Fsp3) is 0.290. The van der Waals surface area contributed by atoms with Gasteiger partial charge in [-0.05, 0) is 103 Å². The van der Waals surface area contributed by atoms with E-state index >= 15 is 0 Å². The molecular weight excluding hydrogens is 1110 g/mol. The van der Waals surface area contributed by atoms with Gasteiger partial charge in [-0.25, -0.2) is 9.97 Å². The first kappa shape index (κ1) is 53.9. The number of fused-ring (bicyclic) bond motifs is 2. The van der Waals surface area contributed by atoms with Gasteiger partial charge in [-0.2, -0.15) is 0 Å². The van der Waals surface area contributed by atoms with E-state index in [0.29, 0.717) is 11.4 Å². The number of benzene rings is 7. The van der Waals surface area contributed by atoms with E-state index in [-0.39, 0.29) is 53.9 Å². The molecule has 7 heteroatoms. The number of rotatable bonds is 7. The zero-order valence-corrected chi connectivity index (χ0v) is 49.3. The summed E-state index contributed by atoms with van der Waals surface area (Å²) in [6.07, 6.45) is 1.85. The Hall–Kier alpha value is -6.88. The van der Waals surface area contributed by atoms with Gasteiger partial charge in [-0.1, -0.05) is 206 Å². The minimum Gasteiger partial charge on any atom is -0.507 e. The summed E-state index contributed by atoms with van der Waals surface area (Å²) in [5.74, 6) is 1.65. The first-order valence-electron chi connectivity index (χ1n) is 26.5. The molecule has 3 aromatic heterocycles. The van der Waals surface area contributed by atoms with Gasteiger partial charge in [0.1, 0.15) is 11.6 Å². The van der Waals surface area contributed by atoms with E-state index in [1.807, 2.05) is 18.3 Å². The van der Waals surface area contributed by atoms with E-state index in [0.717, 1.165) is 95.0 Å². The van der Waals surface area contributed by atoms with Crippen LogP contribution >= 0.6 is 0 Å². The molecule has 0 saturated heterocycles. The SMILES string of the molecule is CC(C)(C)c1cc(-c2cccc3c2nc(-c2cc(C(C)(C)C)cc(C(C)(C)C)c2O)n3-c2ccc(C(C)(C)C)cc2-c2ccccc2)[c-]c(-c2nc3cccnc3n2-c2ccc(C(C)(C)C)cc2-c2ccccc2)c1.[Pt]. The van der Waals surface area contributed by atoms with Crippen LogP contribution in [0, 0.1) is 6.07 Å². The molecule has 390 valence electrons. The number of nitrogens with zero attached hydrogens (tertiary/aromatic N) is 5. The van der Waals surface area contributed by atoms with E-state index in [1.165, 1.54) is 11.1 Å². The second-order valence-electron chi connectivity index (χ2n) is 25.6. The number of phenolic OH excluding ortho intramolecular Hbond substituents is 1. The van der Waals surface area contributed by atoms with Crippen molar-refractivity contribution >= 4 is 22.2 Å². The van der Waals surface area contributed by atoms with Crippen molar-refractivity contribution in [3.05, 3.63) is 192 Å². The van der Waals surface area contributed by atoms with E-state index in [9.17, 15) is 5.11 Å². The molecule has 10 aromatic rings. The van der Waals surface area contributed by atoms with Crippen LogP contribution in [0.4, 0.5) is 0 Å². The fourth-order valence-corrected chi connectivity index (χ4v) is 10.2. The molecule has 0 aliphatic rings. The Labute approximate surface area is 465 Å². The third kappa shape index (κ3) is 10.1. The maximum atomic E-state index is 12.7. The summed E-state index contributed by atoms with van der Waals surface area (Å²) in [6, 6.07) is 58.2. The molecule has 0 radical (unpaired) electrons. The normalized spacial score (nSPS) is 12.6. The minimum absolute atomic E-state index is 0. The molecule has 3 heterocycles. The molecule has 0 atom stereocenters. The van der Waals surface area contributed by atoms with Gasteiger partial charge in [0.25, 0.3) is 0 Å². The molecule has 0 saturated carbocycles. The molecule has 0 bridgehead atoms. The molecular formula is C69H72N5OPt-. The minimum atomic E-state index is -0.354. The summed E-state index contributed by atoms with van der Waals surface area (Å²) >= 11 is 0. The molecule has 0 spiro atoms. The monoisotopic (exact) mass is 1180 g/mol. The Kier molecular flexibility index (Phi) is 13.9. The van der Waals surface area contributed by atoms with Gasteiger partial charge < -0.3 is 9.67 Å². The molecule has 10 rings (SSSR count). The predicted octanol–water partition coefficient (Wildman–Crippen LogP) is 18.1. The van der Waals surface area contributed by atoms with Crippen LogP contribution < -0.4 is 0 Å². The average molecular weight is 1180 g/mol. The number of pyridine rings is 1. The van der Waals surface area contributed by atoms with Crippen molar-refractivity contribution in [3.8, 4) is 73.3 Å². The molecule has 0 unspecified atom stereocenters. The van der Waals surface area contributed by atoms with Crippen molar-refractivity contribution in [2.75, 3.05) is 0 Å². The van der Waals surface area contributed by atoms with Crippen LogP contribution in [0.15, 0.2) is 158 Å². The molecule has 0 aliphatic carbocycles. The maximum absolute atomic E-state index is 12.7. The van der Waals surface area contributed by atoms with Crippen LogP contribution in [0.2, 0.25) is 0 Å². The van der Waals surface area contributed by atoms with E-state index < -0.39 is 0 Å². The first-order chi connectivity index (χ1) is 35.3. The zero-order valence-electron chi connectivity index (χ0n) is 47.0. The predicted molar refractivity (Wildman–Crippen MR) is 315 cm³/mol. The van der Waals surface area contributed by atoms with Gasteiger partial charge in [0, 0.05) is 49.6 Å². The van der Waals surface area contributed by atoms with E-state index in [2.05, 4.69) is 259 Å². The van der Waals surface area contributed by atoms with Crippen molar-refractivity contribution in [3.63, 3.8) is 0 Å². The smallest absolute Gasteiger partial charge is 0.157 e. The number of phenols is 1. The fourth-order valence-electron chi connectivity index (χ4n) is 10.2. The van der Waals surface area contributed by atoms with Gasteiger partial charge in [0.15, 0.2) is 5.65 Å². The Morgan fingerprint density at radius 2 is 0.934 bits per heavy atom. The molecule has 6 nitrogen and oxygen atoms in total. The van der Waals surface area contributed by atoms with Crippen molar-refractivity contribution in [2.45, 2.75) is 131 Å². The van der Waals surface area contributed by atoms with Crippen LogP contribution in [0.3, 0.4) is 0 Å². The second-order valence-corrected chi connectivity index (χ2v) is 25.6. The summed E-state index contributed by atoms with van der Waals surface area (Å²) in [5.41, 5.74) is 17.6. The summed E-state index contributed by atoms with van der Waals surface area (Å²) in [4.78, 5) is 16.2. The van der Waals surface area contributed by atoms with Gasteiger partial charge in [-0.15, -0.1) is 29.3 Å². The largest absolute Gasteiger partial charge is 0.507 e. The third-order valence-electron chi connectivity index (χ3n) is 14.8. The number of hydrogen-bond donors (Lipinski definition) is 1. The van der Waals surface area contributed by atoms with Crippen LogP contribution in [0.1, 0.15) is 132 Å². The van der Waals surface area contributed by atoms with Crippen molar-refractivity contribution in [2.24, 2.45) is 0 Å². The van der Waals surface area contributed by atoms with Crippen LogP contribution in [-0.2, 0) is 48.1 Å². The van der Waals surface area contributed by atoms with Crippen molar-refractivity contribution < 1.29 is 26.2 Å². The zero-order chi connectivity index (χ0) is 53.6. The topological polar surface area (TPSA) is 68.8 Å². The van der Waals surface area contributed by atoms with Gasteiger partial charge in [0.2, 0.25) is 0 Å². The molecule has 0 fully saturated rings. The maximum Gasteiger partial charge on any atom is 0.157 e. The molecule has 7 aromatic carbocycles. The third-order valence-corrected chi connectivity index (χ3v) is 14.8. The molecule has 76 heavy (non-hydrogen) atoms. The summed E-state index contributed by atoms with van der Waals surface area (Å²) in [6.45, 7) is 33.6. The van der Waals surface area contributed by atoms with Crippen molar-refractivity contribution in [1.29, 1.82) is 0 Å². The van der Waals surface area contributed by atoms with Crippen LogP contribution in [-0.4, -0.2) is 29.2 Å². The standard InChI is InChI=1S/C69H72N5O.Pt/c1-65(2,3)47-31-33-57(52(39-47)43-24-18-16-19-25-43)73-59-30-22-28-51(60(59)72-63(73)54-41-50(68(10,11)12)42-55(61(54)75)69(13,14)15)45-36-46(38-49(37-45)67(7,8)9)62-71-56-29-23-35-70-64(56)74(62)58-34-32-48(66(4,5)6)40-53(58)44-26-20-17-21-27-44;/h16-35,37-42,75H,1-15H3;/q-1;. The van der Waals surface area contributed by atoms with E-state index in [1.54, 1.807) is 0 Å². The van der Waals surface area contributed by atoms with Gasteiger partial charge >= 0.3 is 0 Å². The van der Waals surface area contributed by atoms with Crippen molar-refractivity contribution in [1.82, 2.24) is 24.1 Å². The quantitative estimate of drug-likeness (QED) is 0.162. The number of aromatic hydroxyl groups is 1. The van der Waals surface area contributed by atoms with Gasteiger partial charge in [-0.3, -0.25) is 9.55 Å². The van der Waals surface area contributed by atoms with E-state index in [4.69, 9.17) is 15.0 Å². The number of aromatic nitrogens is 5. The Morgan fingerprint density at radius 3 is 1.47 bits per heavy atom. The Morgan fingerprint density at radius 1 is 0.421 bits per heavy atom. The van der Waals surface area contributed by atoms with Gasteiger partial charge in [0.05, 0.1) is 33.6 Å².